The Morgan fingerprint density at radius 1 is 1.23 bits per heavy atom. The van der Waals surface area contributed by atoms with Crippen molar-refractivity contribution in [3.8, 4) is 5.75 Å². The first kappa shape index (κ1) is 16.0. The number of aryl methyl sites for hydroxylation is 2. The van der Waals surface area contributed by atoms with Gasteiger partial charge in [0.05, 0.1) is 12.8 Å². The molecule has 0 atom stereocenters. The molecule has 0 aliphatic carbocycles. The molecule has 0 aromatic heterocycles. The fraction of sp³-hybridized carbons (Fsp3) is 0.278. The van der Waals surface area contributed by atoms with E-state index in [1.54, 1.807) is 25.3 Å². The van der Waals surface area contributed by atoms with E-state index in [1.807, 2.05) is 19.1 Å². The predicted octanol–water partition coefficient (Wildman–Crippen LogP) is 4.10. The van der Waals surface area contributed by atoms with Crippen molar-refractivity contribution < 1.29 is 13.9 Å². The van der Waals surface area contributed by atoms with E-state index >= 15 is 0 Å². The average molecular weight is 301 g/mol. The molecule has 0 aliphatic rings. The van der Waals surface area contributed by atoms with Crippen LogP contribution in [0, 0.1) is 12.7 Å². The normalized spacial score (nSPS) is 10.3. The molecule has 0 fully saturated rings. The molecule has 0 spiro atoms. The average Bonchev–Trinajstić information content (AvgIpc) is 2.50. The molecule has 3 nitrogen and oxygen atoms in total. The van der Waals surface area contributed by atoms with Crippen LogP contribution in [0.1, 0.15) is 24.0 Å². The van der Waals surface area contributed by atoms with Gasteiger partial charge in [-0.3, -0.25) is 4.79 Å². The molecule has 0 bridgehead atoms. The zero-order chi connectivity index (χ0) is 15.9. The molecule has 1 N–H and O–H groups in total. The maximum atomic E-state index is 13.4. The molecule has 1 amide bonds. The van der Waals surface area contributed by atoms with Crippen molar-refractivity contribution in [1.82, 2.24) is 0 Å². The van der Waals surface area contributed by atoms with Crippen molar-refractivity contribution >= 4 is 11.6 Å². The lowest BCUT2D eigenvalue weighted by atomic mass is 10.0. The molecule has 0 unspecified atom stereocenters. The Morgan fingerprint density at radius 2 is 2.00 bits per heavy atom. The highest BCUT2D eigenvalue weighted by Crippen LogP contribution is 2.19. The van der Waals surface area contributed by atoms with Crippen LogP contribution in [-0.2, 0) is 11.2 Å². The van der Waals surface area contributed by atoms with E-state index in [9.17, 15) is 9.18 Å². The summed E-state index contributed by atoms with van der Waals surface area (Å²) in [7, 11) is 1.65. The van der Waals surface area contributed by atoms with Gasteiger partial charge in [-0.2, -0.15) is 0 Å². The second-order valence-electron chi connectivity index (χ2n) is 5.19. The molecule has 0 saturated carbocycles. The first-order valence-electron chi connectivity index (χ1n) is 7.28. The van der Waals surface area contributed by atoms with E-state index in [2.05, 4.69) is 11.4 Å². The minimum atomic E-state index is -0.415. The highest BCUT2D eigenvalue weighted by Gasteiger charge is 2.06. The number of amides is 1. The fourth-order valence-corrected chi connectivity index (χ4v) is 2.32. The number of ether oxygens (including phenoxy) is 1. The number of nitrogens with one attached hydrogen (secondary N) is 1. The van der Waals surface area contributed by atoms with Crippen molar-refractivity contribution in [3.05, 3.63) is 59.4 Å². The summed E-state index contributed by atoms with van der Waals surface area (Å²) < 4.78 is 18.6. The highest BCUT2D eigenvalue weighted by atomic mass is 19.1. The van der Waals surface area contributed by atoms with Crippen LogP contribution in [-0.4, -0.2) is 13.0 Å². The van der Waals surface area contributed by atoms with Gasteiger partial charge in [-0.25, -0.2) is 4.39 Å². The quantitative estimate of drug-likeness (QED) is 0.872. The summed E-state index contributed by atoms with van der Waals surface area (Å²) in [4.78, 5) is 11.8. The molecule has 2 aromatic carbocycles. The van der Waals surface area contributed by atoms with Gasteiger partial charge in [0.1, 0.15) is 11.6 Å². The summed E-state index contributed by atoms with van der Waals surface area (Å²) in [6, 6.07) is 12.2. The van der Waals surface area contributed by atoms with Gasteiger partial charge in [0.2, 0.25) is 5.91 Å². The molecular weight excluding hydrogens is 281 g/mol. The van der Waals surface area contributed by atoms with E-state index < -0.39 is 5.82 Å². The lowest BCUT2D eigenvalue weighted by molar-refractivity contribution is -0.116. The fourth-order valence-electron chi connectivity index (χ4n) is 2.32. The Balaban J connectivity index is 1.82. The minimum Gasteiger partial charge on any atom is -0.496 e. The van der Waals surface area contributed by atoms with Crippen molar-refractivity contribution in [2.75, 3.05) is 12.4 Å². The number of benzene rings is 2. The Bertz CT molecular complexity index is 655. The van der Waals surface area contributed by atoms with Crippen molar-refractivity contribution in [3.63, 3.8) is 0 Å². The second-order valence-corrected chi connectivity index (χ2v) is 5.19. The molecule has 2 rings (SSSR count). The van der Waals surface area contributed by atoms with Crippen LogP contribution < -0.4 is 10.1 Å². The Labute approximate surface area is 130 Å². The number of hydrogen-bond donors (Lipinski definition) is 1. The first-order valence-corrected chi connectivity index (χ1v) is 7.28. The number of carbonyl (C=O) groups excluding carboxylic acids is 1. The predicted molar refractivity (Wildman–Crippen MR) is 85.7 cm³/mol. The molecule has 116 valence electrons. The first-order chi connectivity index (χ1) is 10.6. The van der Waals surface area contributed by atoms with Gasteiger partial charge in [0, 0.05) is 6.42 Å². The summed E-state index contributed by atoms with van der Waals surface area (Å²) in [6.07, 6.45) is 1.88. The molecule has 2 aromatic rings. The lowest BCUT2D eigenvalue weighted by Gasteiger charge is -2.08. The van der Waals surface area contributed by atoms with Crippen LogP contribution in [0.15, 0.2) is 42.5 Å². The number of methoxy groups -OCH3 is 1. The standard InChI is InChI=1S/C18H20FNO2/c1-13-12-14(10-11-17(13)22-2)6-5-9-18(21)20-16-8-4-3-7-15(16)19/h3-4,7-8,10-12H,5-6,9H2,1-2H3,(H,20,21). The molecule has 0 aliphatic heterocycles. The molecule has 0 saturated heterocycles. The number of anilines is 1. The van der Waals surface area contributed by atoms with Crippen molar-refractivity contribution in [2.45, 2.75) is 26.2 Å². The largest absolute Gasteiger partial charge is 0.496 e. The van der Waals surface area contributed by atoms with Crippen LogP contribution in [0.25, 0.3) is 0 Å². The van der Waals surface area contributed by atoms with E-state index in [0.717, 1.165) is 23.3 Å². The third-order valence-electron chi connectivity index (χ3n) is 3.48. The monoisotopic (exact) mass is 301 g/mol. The Kier molecular flexibility index (Phi) is 5.53. The van der Waals surface area contributed by atoms with Crippen LogP contribution in [0.3, 0.4) is 0 Å². The van der Waals surface area contributed by atoms with Gasteiger partial charge in [-0.05, 0) is 49.1 Å². The third kappa shape index (κ3) is 4.32. The van der Waals surface area contributed by atoms with Crippen molar-refractivity contribution in [1.29, 1.82) is 0 Å². The van der Waals surface area contributed by atoms with Gasteiger partial charge < -0.3 is 10.1 Å². The zero-order valence-electron chi connectivity index (χ0n) is 12.9. The smallest absolute Gasteiger partial charge is 0.224 e. The molecule has 4 heteroatoms. The number of carbonyl (C=O) groups is 1. The molecule has 22 heavy (non-hydrogen) atoms. The van der Waals surface area contributed by atoms with Gasteiger partial charge >= 0.3 is 0 Å². The van der Waals surface area contributed by atoms with E-state index in [4.69, 9.17) is 4.74 Å². The second kappa shape index (κ2) is 7.59. The Morgan fingerprint density at radius 3 is 2.68 bits per heavy atom. The number of rotatable bonds is 6. The van der Waals surface area contributed by atoms with E-state index in [0.29, 0.717) is 12.8 Å². The van der Waals surface area contributed by atoms with Crippen LogP contribution in [0.5, 0.6) is 5.75 Å². The maximum absolute atomic E-state index is 13.4. The Hall–Kier alpha value is -2.36. The third-order valence-corrected chi connectivity index (χ3v) is 3.48. The number of hydrogen-bond acceptors (Lipinski definition) is 2. The summed E-state index contributed by atoms with van der Waals surface area (Å²) in [5.41, 5.74) is 2.47. The van der Waals surface area contributed by atoms with E-state index in [-0.39, 0.29) is 11.6 Å². The van der Waals surface area contributed by atoms with Crippen LogP contribution >= 0.6 is 0 Å². The summed E-state index contributed by atoms with van der Waals surface area (Å²) in [5.74, 6) is 0.276. The molecule has 0 heterocycles. The van der Waals surface area contributed by atoms with Crippen molar-refractivity contribution in [2.24, 2.45) is 0 Å². The van der Waals surface area contributed by atoms with E-state index in [1.165, 1.54) is 6.07 Å². The topological polar surface area (TPSA) is 38.3 Å². The zero-order valence-corrected chi connectivity index (χ0v) is 12.9. The highest BCUT2D eigenvalue weighted by molar-refractivity contribution is 5.90. The SMILES string of the molecule is COc1ccc(CCCC(=O)Nc2ccccc2F)cc1C. The van der Waals surface area contributed by atoms with Gasteiger partial charge in [0.15, 0.2) is 0 Å². The van der Waals surface area contributed by atoms with Gasteiger partial charge in [0.25, 0.3) is 0 Å². The van der Waals surface area contributed by atoms with Gasteiger partial charge in [-0.15, -0.1) is 0 Å². The van der Waals surface area contributed by atoms with Crippen LogP contribution in [0.2, 0.25) is 0 Å². The molecule has 0 radical (unpaired) electrons. The minimum absolute atomic E-state index is 0.171. The summed E-state index contributed by atoms with van der Waals surface area (Å²) in [6.45, 7) is 1.99. The lowest BCUT2D eigenvalue weighted by Crippen LogP contribution is -2.12. The maximum Gasteiger partial charge on any atom is 0.224 e. The number of para-hydroxylation sites is 1. The van der Waals surface area contributed by atoms with Crippen LogP contribution in [0.4, 0.5) is 10.1 Å². The van der Waals surface area contributed by atoms with Gasteiger partial charge in [-0.1, -0.05) is 24.3 Å². The number of halogens is 1. The molecular formula is C18H20FNO2. The summed E-state index contributed by atoms with van der Waals surface area (Å²) >= 11 is 0. The summed E-state index contributed by atoms with van der Waals surface area (Å²) in [5, 5.41) is 2.59.